The minimum Gasteiger partial charge on any atom is -0.456 e. The molecule has 4 rings (SSSR count). The number of furan rings is 1. The summed E-state index contributed by atoms with van der Waals surface area (Å²) in [6.45, 7) is 2.35. The zero-order valence-electron chi connectivity index (χ0n) is 13.3. The molecule has 1 saturated heterocycles. The van der Waals surface area contributed by atoms with Gasteiger partial charge in [0.15, 0.2) is 11.6 Å². The van der Waals surface area contributed by atoms with E-state index in [1.54, 1.807) is 24.1 Å². The van der Waals surface area contributed by atoms with E-state index in [2.05, 4.69) is 15.2 Å². The number of rotatable bonds is 4. The Labute approximate surface area is 134 Å². The molecule has 1 aliphatic heterocycles. The van der Waals surface area contributed by atoms with Crippen molar-refractivity contribution in [1.82, 2.24) is 20.1 Å². The lowest BCUT2D eigenvalue weighted by molar-refractivity contribution is 0.0653. The van der Waals surface area contributed by atoms with Crippen molar-refractivity contribution in [3.05, 3.63) is 35.3 Å². The Morgan fingerprint density at radius 2 is 2.26 bits per heavy atom. The van der Waals surface area contributed by atoms with Gasteiger partial charge in [-0.05, 0) is 31.9 Å². The summed E-state index contributed by atoms with van der Waals surface area (Å²) in [6.07, 6.45) is 3.00. The highest BCUT2D eigenvalue weighted by Gasteiger charge is 2.40. The smallest absolute Gasteiger partial charge is 0.290 e. The topological polar surface area (TPSA) is 84.3 Å². The molecule has 1 N–H and O–H groups in total. The SMILES string of the molecule is CO[C@@H]1C[C@@H](c2nc(C3CC3)n[nH]2)N(C(=O)c2ccc(C)o2)C1. The molecule has 0 radical (unpaired) electrons. The quantitative estimate of drug-likeness (QED) is 0.934. The van der Waals surface area contributed by atoms with E-state index in [4.69, 9.17) is 9.15 Å². The van der Waals surface area contributed by atoms with Crippen LogP contribution in [0, 0.1) is 6.92 Å². The fraction of sp³-hybridized carbons (Fsp3) is 0.562. The van der Waals surface area contributed by atoms with Gasteiger partial charge in [0.1, 0.15) is 11.6 Å². The second kappa shape index (κ2) is 5.49. The van der Waals surface area contributed by atoms with Gasteiger partial charge in [-0.2, -0.15) is 5.10 Å². The summed E-state index contributed by atoms with van der Waals surface area (Å²) in [4.78, 5) is 19.1. The summed E-state index contributed by atoms with van der Waals surface area (Å²) in [7, 11) is 1.67. The molecule has 122 valence electrons. The second-order valence-electron chi connectivity index (χ2n) is 6.33. The molecule has 7 heteroatoms. The minimum absolute atomic E-state index is 0.00511. The Balaban J connectivity index is 1.60. The number of hydrogen-bond acceptors (Lipinski definition) is 5. The van der Waals surface area contributed by atoms with E-state index in [0.29, 0.717) is 24.6 Å². The number of amides is 1. The van der Waals surface area contributed by atoms with Gasteiger partial charge in [0.25, 0.3) is 5.91 Å². The first-order valence-electron chi connectivity index (χ1n) is 7.98. The van der Waals surface area contributed by atoms with Crippen LogP contribution in [0.4, 0.5) is 0 Å². The molecule has 0 spiro atoms. The third-order valence-corrected chi connectivity index (χ3v) is 4.59. The van der Waals surface area contributed by atoms with Crippen molar-refractivity contribution >= 4 is 5.91 Å². The van der Waals surface area contributed by atoms with E-state index in [9.17, 15) is 4.79 Å². The molecule has 2 fully saturated rings. The lowest BCUT2D eigenvalue weighted by Crippen LogP contribution is -2.32. The van der Waals surface area contributed by atoms with Gasteiger partial charge in [0, 0.05) is 26.0 Å². The Morgan fingerprint density at radius 1 is 1.43 bits per heavy atom. The fourth-order valence-electron chi connectivity index (χ4n) is 3.10. The Kier molecular flexibility index (Phi) is 3.45. The number of nitrogens with zero attached hydrogens (tertiary/aromatic N) is 3. The maximum Gasteiger partial charge on any atom is 0.290 e. The molecule has 0 aromatic carbocycles. The normalized spacial score (nSPS) is 24.3. The zero-order chi connectivity index (χ0) is 16.0. The predicted molar refractivity (Wildman–Crippen MR) is 81.0 cm³/mol. The van der Waals surface area contributed by atoms with E-state index in [-0.39, 0.29) is 18.1 Å². The third-order valence-electron chi connectivity index (χ3n) is 4.59. The van der Waals surface area contributed by atoms with E-state index < -0.39 is 0 Å². The van der Waals surface area contributed by atoms with Gasteiger partial charge in [-0.15, -0.1) is 0 Å². The van der Waals surface area contributed by atoms with Crippen LogP contribution >= 0.6 is 0 Å². The number of aromatic nitrogens is 3. The van der Waals surface area contributed by atoms with Crippen LogP contribution in [-0.2, 0) is 4.74 Å². The van der Waals surface area contributed by atoms with Crippen LogP contribution in [0.1, 0.15) is 59.2 Å². The van der Waals surface area contributed by atoms with Crippen molar-refractivity contribution in [2.45, 2.75) is 44.2 Å². The summed E-state index contributed by atoms with van der Waals surface area (Å²) in [6, 6.07) is 3.36. The van der Waals surface area contributed by atoms with Crippen LogP contribution in [0.15, 0.2) is 16.5 Å². The third kappa shape index (κ3) is 2.65. The molecule has 2 aromatic rings. The van der Waals surface area contributed by atoms with Crippen molar-refractivity contribution in [3.63, 3.8) is 0 Å². The van der Waals surface area contributed by atoms with Crippen molar-refractivity contribution in [1.29, 1.82) is 0 Å². The van der Waals surface area contributed by atoms with Crippen LogP contribution in [0.3, 0.4) is 0 Å². The van der Waals surface area contributed by atoms with Crippen LogP contribution in [-0.4, -0.2) is 45.7 Å². The molecule has 2 aliphatic rings. The monoisotopic (exact) mass is 316 g/mol. The molecule has 1 amide bonds. The number of carbonyl (C=O) groups excluding carboxylic acids is 1. The average molecular weight is 316 g/mol. The zero-order valence-corrected chi connectivity index (χ0v) is 13.3. The molecule has 7 nitrogen and oxygen atoms in total. The van der Waals surface area contributed by atoms with E-state index in [0.717, 1.165) is 30.3 Å². The maximum atomic E-state index is 12.8. The van der Waals surface area contributed by atoms with Gasteiger partial charge in [0.2, 0.25) is 0 Å². The number of carbonyl (C=O) groups is 1. The number of H-pyrrole nitrogens is 1. The van der Waals surface area contributed by atoms with Crippen molar-refractivity contribution in [3.8, 4) is 0 Å². The molecule has 1 aliphatic carbocycles. The summed E-state index contributed by atoms with van der Waals surface area (Å²) in [5.74, 6) is 3.03. The minimum atomic E-state index is -0.155. The largest absolute Gasteiger partial charge is 0.456 e. The van der Waals surface area contributed by atoms with Gasteiger partial charge in [-0.1, -0.05) is 0 Å². The predicted octanol–water partition coefficient (Wildman–Crippen LogP) is 2.19. The van der Waals surface area contributed by atoms with Crippen molar-refractivity contribution in [2.75, 3.05) is 13.7 Å². The standard InChI is InChI=1S/C16H20N4O3/c1-9-3-6-13(23-9)16(21)20-8-11(22-2)7-12(20)15-17-14(18-19-15)10-4-5-10/h3,6,10-12H,4-5,7-8H2,1-2H3,(H,17,18,19)/t11-,12+/m1/s1. The van der Waals surface area contributed by atoms with E-state index in [1.165, 1.54) is 0 Å². The van der Waals surface area contributed by atoms with Gasteiger partial charge < -0.3 is 14.1 Å². The first-order valence-corrected chi connectivity index (χ1v) is 7.98. The molecule has 3 heterocycles. The Morgan fingerprint density at radius 3 is 2.91 bits per heavy atom. The summed E-state index contributed by atoms with van der Waals surface area (Å²) >= 11 is 0. The molecule has 2 aromatic heterocycles. The number of aryl methyl sites for hydroxylation is 1. The Bertz CT molecular complexity index is 718. The molecule has 1 saturated carbocycles. The molecular weight excluding hydrogens is 296 g/mol. The molecular formula is C16H20N4O3. The van der Waals surface area contributed by atoms with Crippen LogP contribution < -0.4 is 0 Å². The highest BCUT2D eigenvalue weighted by molar-refractivity contribution is 5.92. The number of methoxy groups -OCH3 is 1. The number of ether oxygens (including phenoxy) is 1. The lowest BCUT2D eigenvalue weighted by atomic mass is 10.2. The Hall–Kier alpha value is -2.15. The van der Waals surface area contributed by atoms with Gasteiger partial charge in [0.05, 0.1) is 12.1 Å². The molecule has 0 bridgehead atoms. The molecule has 23 heavy (non-hydrogen) atoms. The van der Waals surface area contributed by atoms with Gasteiger partial charge >= 0.3 is 0 Å². The first-order chi connectivity index (χ1) is 11.2. The summed E-state index contributed by atoms with van der Waals surface area (Å²) in [5, 5.41) is 7.32. The number of likely N-dealkylation sites (tertiary alicyclic amines) is 1. The second-order valence-corrected chi connectivity index (χ2v) is 6.33. The van der Waals surface area contributed by atoms with Crippen LogP contribution in [0.5, 0.6) is 0 Å². The van der Waals surface area contributed by atoms with Gasteiger partial charge in [-0.3, -0.25) is 9.89 Å². The highest BCUT2D eigenvalue weighted by atomic mass is 16.5. The lowest BCUT2D eigenvalue weighted by Gasteiger charge is -2.21. The molecule has 2 atom stereocenters. The fourth-order valence-corrected chi connectivity index (χ4v) is 3.10. The number of hydrogen-bond donors (Lipinski definition) is 1. The van der Waals surface area contributed by atoms with Crippen LogP contribution in [0.2, 0.25) is 0 Å². The van der Waals surface area contributed by atoms with E-state index in [1.807, 2.05) is 6.92 Å². The number of aromatic amines is 1. The van der Waals surface area contributed by atoms with Crippen molar-refractivity contribution in [2.24, 2.45) is 0 Å². The molecule has 0 unspecified atom stereocenters. The first kappa shape index (κ1) is 14.4. The van der Waals surface area contributed by atoms with Crippen LogP contribution in [0.25, 0.3) is 0 Å². The van der Waals surface area contributed by atoms with Crippen molar-refractivity contribution < 1.29 is 13.9 Å². The van der Waals surface area contributed by atoms with E-state index >= 15 is 0 Å². The highest BCUT2D eigenvalue weighted by Crippen LogP contribution is 2.39. The summed E-state index contributed by atoms with van der Waals surface area (Å²) < 4.78 is 11.0. The summed E-state index contributed by atoms with van der Waals surface area (Å²) in [5.41, 5.74) is 0. The van der Waals surface area contributed by atoms with Gasteiger partial charge in [-0.25, -0.2) is 4.98 Å². The average Bonchev–Trinajstić information content (AvgIpc) is 2.99. The number of nitrogens with one attached hydrogen (secondary N) is 1. The maximum absolute atomic E-state index is 12.8.